The van der Waals surface area contributed by atoms with Gasteiger partial charge in [0.2, 0.25) is 0 Å². The topological polar surface area (TPSA) is 78.9 Å². The number of rotatable bonds is 50. The number of hydrogen-bond acceptors (Lipinski definition) is 6. The van der Waals surface area contributed by atoms with Gasteiger partial charge in [0.1, 0.15) is 13.2 Å². The monoisotopic (exact) mass is 969 g/mol. The van der Waals surface area contributed by atoms with E-state index in [1.54, 1.807) is 0 Å². The van der Waals surface area contributed by atoms with E-state index >= 15 is 0 Å². The van der Waals surface area contributed by atoms with Gasteiger partial charge in [-0.05, 0) is 103 Å². The summed E-state index contributed by atoms with van der Waals surface area (Å²) < 4.78 is 16.7. The lowest BCUT2D eigenvalue weighted by Gasteiger charge is -2.18. The first kappa shape index (κ1) is 65.8. The minimum atomic E-state index is -0.807. The highest BCUT2D eigenvalue weighted by Gasteiger charge is 2.19. The summed E-state index contributed by atoms with van der Waals surface area (Å²) in [5.74, 6) is -0.975. The molecule has 70 heavy (non-hydrogen) atoms. The van der Waals surface area contributed by atoms with Crippen molar-refractivity contribution >= 4 is 17.9 Å². The van der Waals surface area contributed by atoms with Crippen molar-refractivity contribution in [1.82, 2.24) is 0 Å². The second kappa shape index (κ2) is 57.4. The van der Waals surface area contributed by atoms with E-state index in [-0.39, 0.29) is 37.5 Å². The molecule has 0 spiro atoms. The summed E-state index contributed by atoms with van der Waals surface area (Å²) >= 11 is 0. The van der Waals surface area contributed by atoms with Crippen molar-refractivity contribution in [3.8, 4) is 0 Å². The van der Waals surface area contributed by atoms with Gasteiger partial charge in [-0.15, -0.1) is 0 Å². The maximum atomic E-state index is 12.8. The maximum absolute atomic E-state index is 12.8. The third-order valence-electron chi connectivity index (χ3n) is 11.7. The van der Waals surface area contributed by atoms with E-state index in [2.05, 4.69) is 142 Å². The Morgan fingerprint density at radius 3 is 0.914 bits per heavy atom. The van der Waals surface area contributed by atoms with Crippen molar-refractivity contribution in [2.75, 3.05) is 13.2 Å². The van der Waals surface area contributed by atoms with Crippen LogP contribution in [0.1, 0.15) is 245 Å². The molecule has 0 saturated carbocycles. The second-order valence-electron chi connectivity index (χ2n) is 18.4. The van der Waals surface area contributed by atoms with E-state index in [1.165, 1.54) is 89.9 Å². The lowest BCUT2D eigenvalue weighted by molar-refractivity contribution is -0.167. The molecular formula is C64H104O6. The minimum Gasteiger partial charge on any atom is -0.462 e. The van der Waals surface area contributed by atoms with Gasteiger partial charge < -0.3 is 14.2 Å². The molecule has 0 aromatic carbocycles. The SMILES string of the molecule is CC/C=C\C/C=C\C/C=C\C/C=C\C/C=C\CCCCCCCCCCCCCCCC(=O)OCC(COC(=O)CCCCCCCC)OC(=O)CCC/C=C\C/C=C\C/C=C\C/C=C\C/C=C\CC. The summed E-state index contributed by atoms with van der Waals surface area (Å²) in [6.07, 6.45) is 79.5. The van der Waals surface area contributed by atoms with Crippen LogP contribution in [0.15, 0.2) is 122 Å². The molecule has 1 unspecified atom stereocenters. The Hall–Kier alpha value is -4.19. The molecule has 0 saturated heterocycles. The first-order chi connectivity index (χ1) is 34.5. The molecule has 1 atom stereocenters. The summed E-state index contributed by atoms with van der Waals surface area (Å²) in [5, 5.41) is 0. The van der Waals surface area contributed by atoms with Crippen LogP contribution in [0.25, 0.3) is 0 Å². The van der Waals surface area contributed by atoms with E-state index in [0.717, 1.165) is 109 Å². The standard InChI is InChI=1S/C64H104O6/c1-4-7-10-13-16-18-20-22-24-26-27-28-29-30-31-32-33-34-35-36-37-39-40-42-44-46-48-51-54-57-63(66)69-60-61(59-68-62(65)56-53-50-15-12-9-6-3)70-64(67)58-55-52-49-47-45-43-41-38-25-23-21-19-17-14-11-8-5-2/h7-8,10-11,16-19,22-25,27-28,30-31,41,43,47,49,61H,4-6,9,12-15,20-21,26,29,32-40,42,44-46,48,50-60H2,1-3H3/b10-7-,11-8-,18-16-,19-17-,24-22-,25-23-,28-27-,31-30-,43-41-,49-47-. The van der Waals surface area contributed by atoms with E-state index in [0.29, 0.717) is 19.3 Å². The number of allylic oxidation sites excluding steroid dienone is 20. The lowest BCUT2D eigenvalue weighted by Crippen LogP contribution is -2.30. The van der Waals surface area contributed by atoms with Gasteiger partial charge >= 0.3 is 17.9 Å². The van der Waals surface area contributed by atoms with Crippen LogP contribution in [0.3, 0.4) is 0 Å². The molecule has 0 bridgehead atoms. The van der Waals surface area contributed by atoms with Crippen LogP contribution in [0.5, 0.6) is 0 Å². The maximum Gasteiger partial charge on any atom is 0.306 e. The fraction of sp³-hybridized carbons (Fsp3) is 0.641. The lowest BCUT2D eigenvalue weighted by atomic mass is 10.0. The molecule has 6 heteroatoms. The van der Waals surface area contributed by atoms with Crippen molar-refractivity contribution < 1.29 is 28.6 Å². The van der Waals surface area contributed by atoms with Gasteiger partial charge in [0.25, 0.3) is 0 Å². The highest BCUT2D eigenvalue weighted by Crippen LogP contribution is 2.15. The molecule has 0 fully saturated rings. The Balaban J connectivity index is 4.16. The largest absolute Gasteiger partial charge is 0.462 e. The third kappa shape index (κ3) is 54.7. The number of hydrogen-bond donors (Lipinski definition) is 0. The van der Waals surface area contributed by atoms with Crippen LogP contribution in [0.2, 0.25) is 0 Å². The van der Waals surface area contributed by atoms with Crippen LogP contribution in [-0.4, -0.2) is 37.2 Å². The van der Waals surface area contributed by atoms with Crippen molar-refractivity contribution in [1.29, 1.82) is 0 Å². The number of carbonyl (C=O) groups excluding carboxylic acids is 3. The first-order valence-corrected chi connectivity index (χ1v) is 28.5. The van der Waals surface area contributed by atoms with Crippen molar-refractivity contribution in [2.45, 2.75) is 252 Å². The van der Waals surface area contributed by atoms with Crippen LogP contribution in [0, 0.1) is 0 Å². The zero-order valence-electron chi connectivity index (χ0n) is 45.2. The molecule has 0 radical (unpaired) electrons. The van der Waals surface area contributed by atoms with Gasteiger partial charge in [0.05, 0.1) is 0 Å². The fourth-order valence-electron chi connectivity index (χ4n) is 7.50. The van der Waals surface area contributed by atoms with Gasteiger partial charge in [-0.2, -0.15) is 0 Å². The Bertz CT molecular complexity index is 1490. The number of ether oxygens (including phenoxy) is 3. The summed E-state index contributed by atoms with van der Waals surface area (Å²) in [6.45, 7) is 6.29. The highest BCUT2D eigenvalue weighted by molar-refractivity contribution is 5.71. The van der Waals surface area contributed by atoms with Crippen LogP contribution in [0.4, 0.5) is 0 Å². The van der Waals surface area contributed by atoms with Gasteiger partial charge in [-0.3, -0.25) is 14.4 Å². The highest BCUT2D eigenvalue weighted by atomic mass is 16.6. The number of esters is 3. The molecule has 0 N–H and O–H groups in total. The Labute approximate surface area is 431 Å². The molecule has 0 amide bonds. The van der Waals surface area contributed by atoms with Gasteiger partial charge in [-0.25, -0.2) is 0 Å². The Kier molecular flexibility index (Phi) is 54.0. The Morgan fingerprint density at radius 2 is 0.571 bits per heavy atom. The molecule has 0 aromatic heterocycles. The number of carbonyl (C=O) groups is 3. The zero-order valence-corrected chi connectivity index (χ0v) is 45.2. The molecular weight excluding hydrogens is 865 g/mol. The van der Waals surface area contributed by atoms with Crippen molar-refractivity contribution in [3.05, 3.63) is 122 Å². The Morgan fingerprint density at radius 1 is 0.300 bits per heavy atom. The molecule has 0 heterocycles. The summed E-state index contributed by atoms with van der Waals surface area (Å²) in [5.41, 5.74) is 0. The van der Waals surface area contributed by atoms with Crippen LogP contribution < -0.4 is 0 Å². The molecule has 0 aliphatic heterocycles. The quantitative estimate of drug-likeness (QED) is 0.0262. The first-order valence-electron chi connectivity index (χ1n) is 28.5. The average molecular weight is 970 g/mol. The van der Waals surface area contributed by atoms with E-state index in [1.807, 2.05) is 0 Å². The predicted octanol–water partition coefficient (Wildman–Crippen LogP) is 19.3. The average Bonchev–Trinajstić information content (AvgIpc) is 3.36. The molecule has 0 aliphatic rings. The molecule has 0 aromatic rings. The third-order valence-corrected chi connectivity index (χ3v) is 11.7. The minimum absolute atomic E-state index is 0.102. The van der Waals surface area contributed by atoms with E-state index in [9.17, 15) is 14.4 Å². The van der Waals surface area contributed by atoms with Crippen LogP contribution >= 0.6 is 0 Å². The van der Waals surface area contributed by atoms with E-state index < -0.39 is 6.10 Å². The zero-order chi connectivity index (χ0) is 50.7. The molecule has 396 valence electrons. The van der Waals surface area contributed by atoms with E-state index in [4.69, 9.17) is 14.2 Å². The summed E-state index contributed by atoms with van der Waals surface area (Å²) in [7, 11) is 0. The molecule has 6 nitrogen and oxygen atoms in total. The van der Waals surface area contributed by atoms with Gasteiger partial charge in [-0.1, -0.05) is 245 Å². The fourth-order valence-corrected chi connectivity index (χ4v) is 7.50. The van der Waals surface area contributed by atoms with Gasteiger partial charge in [0, 0.05) is 19.3 Å². The molecule has 0 rings (SSSR count). The summed E-state index contributed by atoms with van der Waals surface area (Å²) in [4.78, 5) is 37.8. The van der Waals surface area contributed by atoms with Crippen LogP contribution in [-0.2, 0) is 28.6 Å². The normalized spacial score (nSPS) is 13.0. The number of unbranched alkanes of at least 4 members (excludes halogenated alkanes) is 19. The second-order valence-corrected chi connectivity index (χ2v) is 18.4. The van der Waals surface area contributed by atoms with Gasteiger partial charge in [0.15, 0.2) is 6.10 Å². The predicted molar refractivity (Wildman–Crippen MR) is 302 cm³/mol. The summed E-state index contributed by atoms with van der Waals surface area (Å²) in [6, 6.07) is 0. The van der Waals surface area contributed by atoms with Crippen molar-refractivity contribution in [2.24, 2.45) is 0 Å². The van der Waals surface area contributed by atoms with Crippen molar-refractivity contribution in [3.63, 3.8) is 0 Å². The smallest absolute Gasteiger partial charge is 0.306 e. The molecule has 0 aliphatic carbocycles.